The Hall–Kier alpha value is -1.41. The number of hydrogen-bond acceptors (Lipinski definition) is 6. The lowest BCUT2D eigenvalue weighted by molar-refractivity contribution is 0.0505. The first-order chi connectivity index (χ1) is 12.9. The maximum absolute atomic E-state index is 12.3. The second kappa shape index (κ2) is 11.0. The van der Waals surface area contributed by atoms with E-state index in [4.69, 9.17) is 9.47 Å². The summed E-state index contributed by atoms with van der Waals surface area (Å²) in [5.41, 5.74) is -0.768. The molecular weight excluding hydrogens is 380 g/mol. The van der Waals surface area contributed by atoms with Crippen LogP contribution in [0.2, 0.25) is 0 Å². The van der Waals surface area contributed by atoms with Crippen LogP contribution in [0.5, 0.6) is 0 Å². The average molecular weight is 417 g/mol. The van der Waals surface area contributed by atoms with Crippen LogP contribution in [0, 0.1) is 0 Å². The van der Waals surface area contributed by atoms with Gasteiger partial charge in [0.25, 0.3) is 0 Å². The van der Waals surface area contributed by atoms with Gasteiger partial charge in [0.1, 0.15) is 12.2 Å². The van der Waals surface area contributed by atoms with Crippen LogP contribution in [0.1, 0.15) is 60.3 Å². The summed E-state index contributed by atoms with van der Waals surface area (Å²) in [5, 5.41) is 15.8. The minimum absolute atomic E-state index is 0.316. The molecule has 0 heterocycles. The molecule has 8 heteroatoms. The summed E-state index contributed by atoms with van der Waals surface area (Å²) in [4.78, 5) is 24.2. The van der Waals surface area contributed by atoms with Gasteiger partial charge in [0, 0.05) is 17.5 Å². The first kappa shape index (κ1) is 24.6. The number of rotatable bonds is 6. The highest BCUT2D eigenvalue weighted by molar-refractivity contribution is 7.98. The summed E-state index contributed by atoms with van der Waals surface area (Å²) in [7, 11) is 0. The van der Waals surface area contributed by atoms with Crippen molar-refractivity contribution in [2.45, 2.75) is 89.7 Å². The quantitative estimate of drug-likeness (QED) is 0.573. The third-order valence-corrected chi connectivity index (χ3v) is 4.81. The first-order valence-corrected chi connectivity index (χ1v) is 11.1. The van der Waals surface area contributed by atoms with E-state index >= 15 is 0 Å². The van der Waals surface area contributed by atoms with Crippen molar-refractivity contribution in [3.63, 3.8) is 0 Å². The Morgan fingerprint density at radius 2 is 1.61 bits per heavy atom. The Morgan fingerprint density at radius 1 is 1.04 bits per heavy atom. The molecule has 0 aromatic carbocycles. The normalized spacial score (nSPS) is 24.5. The van der Waals surface area contributed by atoms with Gasteiger partial charge >= 0.3 is 12.2 Å². The topological polar surface area (TPSA) is 96.9 Å². The van der Waals surface area contributed by atoms with E-state index in [9.17, 15) is 14.7 Å². The molecule has 0 radical (unpaired) electrons. The number of thioether (sulfide) groups is 1. The van der Waals surface area contributed by atoms with E-state index in [0.717, 1.165) is 12.2 Å². The van der Waals surface area contributed by atoms with Crippen molar-refractivity contribution in [3.05, 3.63) is 12.2 Å². The zero-order valence-electron chi connectivity index (χ0n) is 17.9. The van der Waals surface area contributed by atoms with E-state index in [-0.39, 0.29) is 5.54 Å². The van der Waals surface area contributed by atoms with Crippen LogP contribution < -0.4 is 10.6 Å². The Morgan fingerprint density at radius 3 is 2.21 bits per heavy atom. The van der Waals surface area contributed by atoms with Gasteiger partial charge in [-0.3, -0.25) is 0 Å². The summed E-state index contributed by atoms with van der Waals surface area (Å²) < 4.78 is 10.9. The molecule has 7 nitrogen and oxygen atoms in total. The van der Waals surface area contributed by atoms with Crippen molar-refractivity contribution in [2.24, 2.45) is 0 Å². The molecule has 3 N–H and O–H groups in total. The Labute approximate surface area is 173 Å². The molecule has 28 heavy (non-hydrogen) atoms. The third-order valence-electron chi connectivity index (χ3n) is 4.19. The van der Waals surface area contributed by atoms with Crippen LogP contribution in [0.4, 0.5) is 9.59 Å². The van der Waals surface area contributed by atoms with Gasteiger partial charge in [-0.05, 0) is 78.0 Å². The van der Waals surface area contributed by atoms with Gasteiger partial charge in [0.2, 0.25) is 0 Å². The zero-order valence-corrected chi connectivity index (χ0v) is 18.7. The minimum atomic E-state index is -0.635. The summed E-state index contributed by atoms with van der Waals surface area (Å²) in [6, 6.07) is 0. The van der Waals surface area contributed by atoms with Gasteiger partial charge in [-0.15, -0.1) is 0 Å². The predicted molar refractivity (Wildman–Crippen MR) is 113 cm³/mol. The third kappa shape index (κ3) is 10.8. The number of carbonyl (C=O) groups excluding carboxylic acids is 2. The molecule has 3 unspecified atom stereocenters. The molecular formula is C20H36N2O5S. The van der Waals surface area contributed by atoms with Crippen molar-refractivity contribution in [3.8, 4) is 0 Å². The minimum Gasteiger partial charge on any atom is -0.442 e. The summed E-state index contributed by atoms with van der Waals surface area (Å²) in [5.74, 6) is 0.935. The Balaban J connectivity index is 2.65. The number of aliphatic hydroxyl groups is 1. The highest BCUT2D eigenvalue weighted by Crippen LogP contribution is 2.19. The van der Waals surface area contributed by atoms with Crippen molar-refractivity contribution in [1.29, 1.82) is 0 Å². The van der Waals surface area contributed by atoms with Gasteiger partial charge in [-0.2, -0.15) is 11.8 Å². The molecule has 0 aliphatic heterocycles. The largest absolute Gasteiger partial charge is 0.442 e. The van der Waals surface area contributed by atoms with Gasteiger partial charge in [0.15, 0.2) is 0 Å². The van der Waals surface area contributed by atoms with E-state index < -0.39 is 36.0 Å². The Kier molecular flexibility index (Phi) is 9.63. The molecule has 0 saturated heterocycles. The van der Waals surface area contributed by atoms with Crippen LogP contribution in [0.25, 0.3) is 0 Å². The summed E-state index contributed by atoms with van der Waals surface area (Å²) >= 11 is 1.72. The molecule has 0 saturated carbocycles. The van der Waals surface area contributed by atoms with Crippen LogP contribution in [0.3, 0.4) is 0 Å². The van der Waals surface area contributed by atoms with Crippen molar-refractivity contribution in [1.82, 2.24) is 10.6 Å². The lowest BCUT2D eigenvalue weighted by Crippen LogP contribution is -2.45. The molecule has 1 aliphatic rings. The molecule has 0 spiro atoms. The van der Waals surface area contributed by atoms with E-state index in [2.05, 4.69) is 10.6 Å². The van der Waals surface area contributed by atoms with Crippen molar-refractivity contribution < 1.29 is 24.2 Å². The van der Waals surface area contributed by atoms with Crippen LogP contribution in [-0.4, -0.2) is 58.7 Å². The van der Waals surface area contributed by atoms with E-state index in [1.165, 1.54) is 0 Å². The highest BCUT2D eigenvalue weighted by atomic mass is 32.2. The summed E-state index contributed by atoms with van der Waals surface area (Å²) in [6.07, 6.45) is 4.82. The van der Waals surface area contributed by atoms with Crippen molar-refractivity contribution >= 4 is 23.9 Å². The number of hydrogen-bond donors (Lipinski definition) is 3. The van der Waals surface area contributed by atoms with Gasteiger partial charge in [-0.25, -0.2) is 9.59 Å². The smallest absolute Gasteiger partial charge is 0.408 e. The molecule has 0 aromatic rings. The number of ether oxygens (including phenoxy) is 2. The second-order valence-corrected chi connectivity index (χ2v) is 9.85. The molecule has 3 atom stereocenters. The fourth-order valence-electron chi connectivity index (χ4n) is 2.69. The average Bonchev–Trinajstić information content (AvgIpc) is 2.51. The lowest BCUT2D eigenvalue weighted by atomic mass is 10.00. The molecule has 0 aromatic heterocycles. The SMILES string of the molecule is CSCCC(C)(C)NC(=O)OC1/C=C/C(OC(=O)NC(C)(C)C)CCC(O)C1. The van der Waals surface area contributed by atoms with Gasteiger partial charge < -0.3 is 25.2 Å². The number of nitrogens with one attached hydrogen (secondary N) is 2. The molecule has 1 rings (SSSR count). The molecule has 0 fully saturated rings. The number of alkyl carbamates (subject to hydrolysis) is 2. The zero-order chi connectivity index (χ0) is 21.4. The summed E-state index contributed by atoms with van der Waals surface area (Å²) in [6.45, 7) is 9.51. The molecule has 162 valence electrons. The lowest BCUT2D eigenvalue weighted by Gasteiger charge is -2.28. The van der Waals surface area contributed by atoms with E-state index in [1.807, 2.05) is 40.9 Å². The standard InChI is InChI=1S/C20H36N2O5S/c1-19(2,3)21-17(24)26-15-8-7-14(23)13-16(10-9-15)27-18(25)22-20(4,5)11-12-28-6/h9-10,14-16,23H,7-8,11-13H2,1-6H3,(H,21,24)(H,22,25)/b10-9+. The fourth-order valence-corrected chi connectivity index (χ4v) is 3.40. The maximum atomic E-state index is 12.3. The Bertz CT molecular complexity index is 545. The predicted octanol–water partition coefficient (Wildman–Crippen LogP) is 3.61. The maximum Gasteiger partial charge on any atom is 0.408 e. The monoisotopic (exact) mass is 416 g/mol. The molecule has 1 aliphatic carbocycles. The van der Waals surface area contributed by atoms with Gasteiger partial charge in [-0.1, -0.05) is 0 Å². The molecule has 2 amide bonds. The van der Waals surface area contributed by atoms with E-state index in [1.54, 1.807) is 23.9 Å². The van der Waals surface area contributed by atoms with Crippen molar-refractivity contribution in [2.75, 3.05) is 12.0 Å². The number of aliphatic hydroxyl groups excluding tert-OH is 1. The first-order valence-electron chi connectivity index (χ1n) is 9.73. The molecule has 0 bridgehead atoms. The van der Waals surface area contributed by atoms with Crippen LogP contribution >= 0.6 is 11.8 Å². The van der Waals surface area contributed by atoms with Gasteiger partial charge in [0.05, 0.1) is 6.10 Å². The fraction of sp³-hybridized carbons (Fsp3) is 0.800. The highest BCUT2D eigenvalue weighted by Gasteiger charge is 2.26. The van der Waals surface area contributed by atoms with Crippen LogP contribution in [0.15, 0.2) is 12.2 Å². The van der Waals surface area contributed by atoms with E-state index in [0.29, 0.717) is 19.3 Å². The number of carbonyl (C=O) groups is 2. The van der Waals surface area contributed by atoms with Crippen LogP contribution in [-0.2, 0) is 9.47 Å². The number of amides is 2. The second-order valence-electron chi connectivity index (χ2n) is 8.87.